The van der Waals surface area contributed by atoms with E-state index in [0.717, 1.165) is 10.4 Å². The number of hydrogen-bond donors (Lipinski definition) is 1. The topological polar surface area (TPSA) is 115 Å². The van der Waals surface area contributed by atoms with Crippen LogP contribution in [0.25, 0.3) is 0 Å². The van der Waals surface area contributed by atoms with Crippen LogP contribution in [0.4, 0.5) is 0 Å². The van der Waals surface area contributed by atoms with E-state index < -0.39 is 28.0 Å². The van der Waals surface area contributed by atoms with Gasteiger partial charge in [-0.25, -0.2) is 17.5 Å². The predicted molar refractivity (Wildman–Crippen MR) is 99.3 cm³/mol. The highest BCUT2D eigenvalue weighted by Gasteiger charge is 2.25. The highest BCUT2D eigenvalue weighted by atomic mass is 32.2. The first-order valence-electron chi connectivity index (χ1n) is 8.28. The van der Waals surface area contributed by atoms with Crippen LogP contribution in [0.15, 0.2) is 45.9 Å². The number of carbonyl (C=O) groups excluding carboxylic acids is 2. The highest BCUT2D eigenvalue weighted by molar-refractivity contribution is 7.89. The van der Waals surface area contributed by atoms with Crippen molar-refractivity contribution >= 4 is 21.9 Å². The summed E-state index contributed by atoms with van der Waals surface area (Å²) in [5.41, 5.74) is -0.0214. The van der Waals surface area contributed by atoms with Crippen molar-refractivity contribution in [3.05, 3.63) is 47.9 Å². The Kier molecular flexibility index (Phi) is 6.81. The van der Waals surface area contributed by atoms with Gasteiger partial charge in [0.2, 0.25) is 10.0 Å². The Hall–Kier alpha value is -2.85. The van der Waals surface area contributed by atoms with Gasteiger partial charge in [0.1, 0.15) is 16.4 Å². The van der Waals surface area contributed by atoms with Gasteiger partial charge in [-0.3, -0.25) is 4.79 Å². The molecule has 2 aromatic rings. The quantitative estimate of drug-likeness (QED) is 0.654. The summed E-state index contributed by atoms with van der Waals surface area (Å²) in [4.78, 5) is 24.3. The molecule has 0 saturated heterocycles. The largest absolute Gasteiger partial charge is 0.495 e. The fraction of sp³-hybridized carbons (Fsp3) is 0.333. The molecule has 2 rings (SSSR count). The molecular weight excluding hydrogens is 388 g/mol. The smallest absolute Gasteiger partial charge is 0.338 e. The SMILES string of the molecule is COc1ccc(C(=O)O[C@H](C)C(=O)NCc2ccco2)cc1S(=O)(=O)N(C)C. The Balaban J connectivity index is 2.12. The maximum atomic E-state index is 12.4. The number of nitrogens with one attached hydrogen (secondary N) is 1. The third kappa shape index (κ3) is 4.90. The van der Waals surface area contributed by atoms with Crippen LogP contribution < -0.4 is 10.1 Å². The Morgan fingerprint density at radius 1 is 1.25 bits per heavy atom. The van der Waals surface area contributed by atoms with E-state index in [2.05, 4.69) is 5.32 Å². The second-order valence-corrected chi connectivity index (χ2v) is 8.12. The van der Waals surface area contributed by atoms with Gasteiger partial charge >= 0.3 is 5.97 Å². The number of hydrogen-bond acceptors (Lipinski definition) is 7. The van der Waals surface area contributed by atoms with Crippen LogP contribution in [-0.4, -0.2) is 51.9 Å². The molecule has 0 aliphatic carbocycles. The second-order valence-electron chi connectivity index (χ2n) is 6.00. The molecule has 10 heteroatoms. The molecule has 9 nitrogen and oxygen atoms in total. The van der Waals surface area contributed by atoms with E-state index in [1.807, 2.05) is 0 Å². The summed E-state index contributed by atoms with van der Waals surface area (Å²) in [5, 5.41) is 2.58. The predicted octanol–water partition coefficient (Wildman–Crippen LogP) is 1.40. The second kappa shape index (κ2) is 8.89. The molecule has 0 saturated carbocycles. The van der Waals surface area contributed by atoms with Crippen molar-refractivity contribution < 1.29 is 31.9 Å². The minimum Gasteiger partial charge on any atom is -0.495 e. The Labute approximate surface area is 163 Å². The van der Waals surface area contributed by atoms with E-state index in [9.17, 15) is 18.0 Å². The Morgan fingerprint density at radius 2 is 1.96 bits per heavy atom. The Morgan fingerprint density at radius 3 is 2.54 bits per heavy atom. The summed E-state index contributed by atoms with van der Waals surface area (Å²) in [6.07, 6.45) is 0.395. The average molecular weight is 410 g/mol. The molecule has 0 aliphatic heterocycles. The van der Waals surface area contributed by atoms with Gasteiger partial charge in [-0.1, -0.05) is 0 Å². The number of esters is 1. The molecule has 1 aromatic carbocycles. The van der Waals surface area contributed by atoms with E-state index >= 15 is 0 Å². The molecule has 0 bridgehead atoms. The number of sulfonamides is 1. The third-order valence-corrected chi connectivity index (χ3v) is 5.66. The van der Waals surface area contributed by atoms with Crippen LogP contribution in [0, 0.1) is 0 Å². The molecule has 0 aliphatic rings. The molecule has 28 heavy (non-hydrogen) atoms. The zero-order valence-electron chi connectivity index (χ0n) is 16.0. The molecule has 1 N–H and O–H groups in total. The molecule has 1 aromatic heterocycles. The minimum atomic E-state index is -3.84. The lowest BCUT2D eigenvalue weighted by molar-refractivity contribution is -0.129. The highest BCUT2D eigenvalue weighted by Crippen LogP contribution is 2.27. The average Bonchev–Trinajstić information content (AvgIpc) is 3.18. The number of benzene rings is 1. The zero-order chi connectivity index (χ0) is 20.9. The van der Waals surface area contributed by atoms with Gasteiger partial charge in [-0.2, -0.15) is 0 Å². The van der Waals surface area contributed by atoms with Gasteiger partial charge < -0.3 is 19.2 Å². The lowest BCUT2D eigenvalue weighted by Crippen LogP contribution is -2.35. The monoisotopic (exact) mass is 410 g/mol. The van der Waals surface area contributed by atoms with Crippen molar-refractivity contribution in [3.63, 3.8) is 0 Å². The molecule has 1 amide bonds. The molecule has 0 unspecified atom stereocenters. The number of nitrogens with zero attached hydrogens (tertiary/aromatic N) is 1. The van der Waals surface area contributed by atoms with Crippen molar-refractivity contribution in [1.29, 1.82) is 0 Å². The maximum Gasteiger partial charge on any atom is 0.338 e. The number of methoxy groups -OCH3 is 1. The van der Waals surface area contributed by atoms with Crippen LogP contribution in [0.2, 0.25) is 0 Å². The van der Waals surface area contributed by atoms with Crippen molar-refractivity contribution in [1.82, 2.24) is 9.62 Å². The van der Waals surface area contributed by atoms with Gasteiger partial charge in [0.25, 0.3) is 5.91 Å². The summed E-state index contributed by atoms with van der Waals surface area (Å²) in [6, 6.07) is 7.26. The normalized spacial score (nSPS) is 12.5. The van der Waals surface area contributed by atoms with E-state index in [-0.39, 0.29) is 22.8 Å². The summed E-state index contributed by atoms with van der Waals surface area (Å²) in [7, 11) is 0.216. The summed E-state index contributed by atoms with van der Waals surface area (Å²) < 4.78 is 41.2. The van der Waals surface area contributed by atoms with Crippen molar-refractivity contribution in [2.45, 2.75) is 24.5 Å². The molecule has 0 fully saturated rings. The minimum absolute atomic E-state index is 0.0214. The molecule has 1 atom stereocenters. The van der Waals surface area contributed by atoms with Gasteiger partial charge in [0.05, 0.1) is 25.5 Å². The fourth-order valence-corrected chi connectivity index (χ4v) is 3.29. The van der Waals surface area contributed by atoms with Crippen LogP contribution in [0.1, 0.15) is 23.0 Å². The van der Waals surface area contributed by atoms with Crippen LogP contribution >= 0.6 is 0 Å². The van der Waals surface area contributed by atoms with Crippen molar-refractivity contribution in [3.8, 4) is 5.75 Å². The number of amides is 1. The Bertz CT molecular complexity index is 937. The van der Waals surface area contributed by atoms with Gasteiger partial charge in [0, 0.05) is 14.1 Å². The zero-order valence-corrected chi connectivity index (χ0v) is 16.8. The van der Waals surface area contributed by atoms with E-state index in [4.69, 9.17) is 13.9 Å². The third-order valence-electron chi connectivity index (χ3n) is 3.83. The molecule has 1 heterocycles. The molecule has 0 radical (unpaired) electrons. The van der Waals surface area contributed by atoms with Crippen LogP contribution in [0.5, 0.6) is 5.75 Å². The maximum absolute atomic E-state index is 12.4. The number of furan rings is 1. The standard InChI is InChI=1S/C18H22N2O7S/c1-12(17(21)19-11-14-6-5-9-26-14)27-18(22)13-7-8-15(25-4)16(10-13)28(23,24)20(2)3/h5-10,12H,11H2,1-4H3,(H,19,21)/t12-/m1/s1. The lowest BCUT2D eigenvalue weighted by atomic mass is 10.2. The lowest BCUT2D eigenvalue weighted by Gasteiger charge is -2.16. The number of carbonyl (C=O) groups is 2. The first-order chi connectivity index (χ1) is 13.2. The number of ether oxygens (including phenoxy) is 2. The molecular formula is C18H22N2O7S. The van der Waals surface area contributed by atoms with E-state index in [1.54, 1.807) is 12.1 Å². The summed E-state index contributed by atoms with van der Waals surface area (Å²) >= 11 is 0. The van der Waals surface area contributed by atoms with Gasteiger partial charge in [-0.15, -0.1) is 0 Å². The molecule has 152 valence electrons. The van der Waals surface area contributed by atoms with Crippen LogP contribution in [-0.2, 0) is 26.1 Å². The molecule has 0 spiro atoms. The van der Waals surface area contributed by atoms with Crippen molar-refractivity contribution in [2.24, 2.45) is 0 Å². The first-order valence-corrected chi connectivity index (χ1v) is 9.72. The van der Waals surface area contributed by atoms with Gasteiger partial charge in [0.15, 0.2) is 6.10 Å². The van der Waals surface area contributed by atoms with E-state index in [0.29, 0.717) is 5.76 Å². The van der Waals surface area contributed by atoms with Gasteiger partial charge in [-0.05, 0) is 37.3 Å². The number of rotatable bonds is 8. The summed E-state index contributed by atoms with van der Waals surface area (Å²) in [5.74, 6) is -0.701. The summed E-state index contributed by atoms with van der Waals surface area (Å²) in [6.45, 7) is 1.57. The first kappa shape index (κ1) is 21.5. The van der Waals surface area contributed by atoms with Crippen molar-refractivity contribution in [2.75, 3.05) is 21.2 Å². The van der Waals surface area contributed by atoms with E-state index in [1.165, 1.54) is 46.5 Å². The van der Waals surface area contributed by atoms with Crippen LogP contribution in [0.3, 0.4) is 0 Å². The fourth-order valence-electron chi connectivity index (χ4n) is 2.22.